The molecule has 0 aliphatic carbocycles. The van der Waals surface area contributed by atoms with Gasteiger partial charge in [0.2, 0.25) is 0 Å². The van der Waals surface area contributed by atoms with Gasteiger partial charge in [0.25, 0.3) is 0 Å². The van der Waals surface area contributed by atoms with E-state index in [0.29, 0.717) is 10.0 Å². The SMILES string of the molecule is CCC(Nc1cc(Cl)c(C)cc1Br)c1ccc(Cl)cc1Cl. The molecule has 2 aromatic rings. The number of halogens is 4. The van der Waals surface area contributed by atoms with E-state index in [2.05, 4.69) is 28.2 Å². The third kappa shape index (κ3) is 4.07. The van der Waals surface area contributed by atoms with Crippen molar-refractivity contribution in [3.63, 3.8) is 0 Å². The number of aryl methyl sites for hydroxylation is 1. The van der Waals surface area contributed by atoms with Crippen LogP contribution in [0.5, 0.6) is 0 Å². The number of nitrogens with one attached hydrogen (secondary N) is 1. The molecule has 0 aliphatic rings. The summed E-state index contributed by atoms with van der Waals surface area (Å²) in [4.78, 5) is 0. The molecule has 2 rings (SSSR count). The van der Waals surface area contributed by atoms with E-state index in [1.165, 1.54) is 0 Å². The summed E-state index contributed by atoms with van der Waals surface area (Å²) in [5.74, 6) is 0. The maximum atomic E-state index is 6.30. The molecule has 1 atom stereocenters. The third-order valence-corrected chi connectivity index (χ3v) is 4.95. The first-order valence-electron chi connectivity index (χ1n) is 6.59. The van der Waals surface area contributed by atoms with Gasteiger partial charge in [-0.2, -0.15) is 0 Å². The van der Waals surface area contributed by atoms with Crippen molar-refractivity contribution in [3.05, 3.63) is 61.0 Å². The van der Waals surface area contributed by atoms with Gasteiger partial charge >= 0.3 is 0 Å². The summed E-state index contributed by atoms with van der Waals surface area (Å²) in [7, 11) is 0. The number of hydrogen-bond acceptors (Lipinski definition) is 1. The lowest BCUT2D eigenvalue weighted by Crippen LogP contribution is -2.10. The Morgan fingerprint density at radius 2 is 1.81 bits per heavy atom. The van der Waals surface area contributed by atoms with E-state index in [0.717, 1.165) is 32.7 Å². The topological polar surface area (TPSA) is 12.0 Å². The molecule has 21 heavy (non-hydrogen) atoms. The second-order valence-electron chi connectivity index (χ2n) is 4.85. The van der Waals surface area contributed by atoms with Crippen molar-refractivity contribution in [1.82, 2.24) is 0 Å². The van der Waals surface area contributed by atoms with Crippen molar-refractivity contribution in [1.29, 1.82) is 0 Å². The average Bonchev–Trinajstić information content (AvgIpc) is 2.42. The summed E-state index contributed by atoms with van der Waals surface area (Å²) in [6.07, 6.45) is 0.888. The quantitative estimate of drug-likeness (QED) is 0.561. The van der Waals surface area contributed by atoms with Crippen LogP contribution in [0.15, 0.2) is 34.8 Å². The maximum Gasteiger partial charge on any atom is 0.0526 e. The number of benzene rings is 2. The molecule has 0 radical (unpaired) electrons. The van der Waals surface area contributed by atoms with E-state index in [-0.39, 0.29) is 6.04 Å². The van der Waals surface area contributed by atoms with Crippen molar-refractivity contribution in [2.24, 2.45) is 0 Å². The van der Waals surface area contributed by atoms with Crippen LogP contribution in [0.3, 0.4) is 0 Å². The molecule has 5 heteroatoms. The van der Waals surface area contributed by atoms with Crippen LogP contribution in [-0.4, -0.2) is 0 Å². The standard InChI is InChI=1S/C16H15BrCl3N/c1-3-15(11-5-4-10(18)7-14(11)20)21-16-8-13(19)9(2)6-12(16)17/h4-8,15,21H,3H2,1-2H3. The van der Waals surface area contributed by atoms with Crippen LogP contribution in [0.2, 0.25) is 15.1 Å². The largest absolute Gasteiger partial charge is 0.377 e. The van der Waals surface area contributed by atoms with Crippen LogP contribution in [0.25, 0.3) is 0 Å². The van der Waals surface area contributed by atoms with Gasteiger partial charge in [-0.05, 0) is 64.7 Å². The fraction of sp³-hybridized carbons (Fsp3) is 0.250. The maximum absolute atomic E-state index is 6.30. The number of hydrogen-bond donors (Lipinski definition) is 1. The molecule has 1 unspecified atom stereocenters. The Morgan fingerprint density at radius 3 is 2.43 bits per heavy atom. The van der Waals surface area contributed by atoms with E-state index in [9.17, 15) is 0 Å². The lowest BCUT2D eigenvalue weighted by atomic mass is 10.0. The number of rotatable bonds is 4. The van der Waals surface area contributed by atoms with Gasteiger partial charge in [0.05, 0.1) is 11.7 Å². The molecule has 0 bridgehead atoms. The molecule has 0 amide bonds. The van der Waals surface area contributed by atoms with Gasteiger partial charge in [-0.3, -0.25) is 0 Å². The molecule has 1 N–H and O–H groups in total. The molecule has 0 heterocycles. The Labute approximate surface area is 148 Å². The summed E-state index contributed by atoms with van der Waals surface area (Å²) in [6, 6.07) is 9.58. The molecule has 0 fully saturated rings. The van der Waals surface area contributed by atoms with Crippen LogP contribution in [0.1, 0.15) is 30.5 Å². The van der Waals surface area contributed by atoms with Gasteiger partial charge in [0.1, 0.15) is 0 Å². The minimum absolute atomic E-state index is 0.0878. The van der Waals surface area contributed by atoms with Crippen LogP contribution in [0.4, 0.5) is 5.69 Å². The minimum Gasteiger partial charge on any atom is -0.377 e. The van der Waals surface area contributed by atoms with Crippen molar-refractivity contribution < 1.29 is 0 Å². The van der Waals surface area contributed by atoms with E-state index < -0.39 is 0 Å². The summed E-state index contributed by atoms with van der Waals surface area (Å²) in [5.41, 5.74) is 3.00. The van der Waals surface area contributed by atoms with Crippen LogP contribution < -0.4 is 5.32 Å². The van der Waals surface area contributed by atoms with Crippen molar-refractivity contribution >= 4 is 56.4 Å². The van der Waals surface area contributed by atoms with Gasteiger partial charge < -0.3 is 5.32 Å². The molecule has 0 saturated heterocycles. The van der Waals surface area contributed by atoms with Crippen molar-refractivity contribution in [2.45, 2.75) is 26.3 Å². The second kappa shape index (κ2) is 7.23. The second-order valence-corrected chi connectivity index (χ2v) is 6.96. The first-order valence-corrected chi connectivity index (χ1v) is 8.52. The van der Waals surface area contributed by atoms with E-state index in [1.54, 1.807) is 6.07 Å². The monoisotopic (exact) mass is 405 g/mol. The number of anilines is 1. The molecule has 0 aliphatic heterocycles. The fourth-order valence-electron chi connectivity index (χ4n) is 2.13. The zero-order valence-electron chi connectivity index (χ0n) is 11.7. The predicted octanol–water partition coefficient (Wildman–Crippen LogP) is 7.28. The lowest BCUT2D eigenvalue weighted by molar-refractivity contribution is 0.749. The Hall–Kier alpha value is -0.410. The molecular formula is C16H15BrCl3N. The van der Waals surface area contributed by atoms with Gasteiger partial charge in [-0.1, -0.05) is 47.8 Å². The van der Waals surface area contributed by atoms with E-state index in [1.807, 2.05) is 31.2 Å². The highest BCUT2D eigenvalue weighted by atomic mass is 79.9. The predicted molar refractivity (Wildman–Crippen MR) is 97.0 cm³/mol. The van der Waals surface area contributed by atoms with Crippen LogP contribution in [0, 0.1) is 6.92 Å². The first-order chi connectivity index (χ1) is 9.92. The van der Waals surface area contributed by atoms with E-state index >= 15 is 0 Å². The van der Waals surface area contributed by atoms with Crippen LogP contribution in [-0.2, 0) is 0 Å². The molecule has 112 valence electrons. The van der Waals surface area contributed by atoms with Crippen molar-refractivity contribution in [2.75, 3.05) is 5.32 Å². The van der Waals surface area contributed by atoms with E-state index in [4.69, 9.17) is 34.8 Å². The minimum atomic E-state index is 0.0878. The van der Waals surface area contributed by atoms with Crippen LogP contribution >= 0.6 is 50.7 Å². The first kappa shape index (κ1) is 17.0. The zero-order chi connectivity index (χ0) is 15.6. The highest BCUT2D eigenvalue weighted by Crippen LogP contribution is 2.35. The Bertz CT molecular complexity index is 658. The zero-order valence-corrected chi connectivity index (χ0v) is 15.5. The van der Waals surface area contributed by atoms with Gasteiger partial charge in [-0.15, -0.1) is 0 Å². The lowest BCUT2D eigenvalue weighted by Gasteiger charge is -2.21. The van der Waals surface area contributed by atoms with Gasteiger partial charge in [-0.25, -0.2) is 0 Å². The highest BCUT2D eigenvalue weighted by Gasteiger charge is 2.15. The smallest absolute Gasteiger partial charge is 0.0526 e. The molecular weight excluding hydrogens is 392 g/mol. The Kier molecular flexibility index (Phi) is 5.84. The molecule has 0 saturated carbocycles. The summed E-state index contributed by atoms with van der Waals surface area (Å²) < 4.78 is 0.980. The fourth-order valence-corrected chi connectivity index (χ4v) is 3.40. The molecule has 2 aromatic carbocycles. The summed E-state index contributed by atoms with van der Waals surface area (Å²) in [6.45, 7) is 4.08. The average molecular weight is 408 g/mol. The van der Waals surface area contributed by atoms with Gasteiger partial charge in [0.15, 0.2) is 0 Å². The molecule has 1 nitrogen and oxygen atoms in total. The van der Waals surface area contributed by atoms with Crippen molar-refractivity contribution in [3.8, 4) is 0 Å². The summed E-state index contributed by atoms with van der Waals surface area (Å²) >= 11 is 22.0. The summed E-state index contributed by atoms with van der Waals surface area (Å²) in [5, 5.41) is 5.52. The molecule has 0 spiro atoms. The third-order valence-electron chi connectivity index (χ3n) is 3.32. The van der Waals surface area contributed by atoms with Gasteiger partial charge in [0, 0.05) is 19.5 Å². The Balaban J connectivity index is 2.33. The Morgan fingerprint density at radius 1 is 1.10 bits per heavy atom. The highest BCUT2D eigenvalue weighted by molar-refractivity contribution is 9.10. The normalized spacial score (nSPS) is 12.3. The molecule has 0 aromatic heterocycles.